The first-order valence-corrected chi connectivity index (χ1v) is 8.88. The van der Waals surface area contributed by atoms with E-state index in [4.69, 9.17) is 4.74 Å². The molecule has 0 saturated carbocycles. The molecule has 1 unspecified atom stereocenters. The molecule has 1 aliphatic rings. The van der Waals surface area contributed by atoms with E-state index < -0.39 is 6.10 Å². The molecular formula is C19H28N4O2. The van der Waals surface area contributed by atoms with E-state index in [-0.39, 0.29) is 5.92 Å². The number of aromatic nitrogens is 3. The second kappa shape index (κ2) is 7.54. The summed E-state index contributed by atoms with van der Waals surface area (Å²) in [5, 5.41) is 10.6. The van der Waals surface area contributed by atoms with Gasteiger partial charge < -0.3 is 14.4 Å². The number of likely N-dealkylation sites (tertiary alicyclic amines) is 1. The maximum Gasteiger partial charge on any atom is 0.137 e. The van der Waals surface area contributed by atoms with Crippen LogP contribution in [0.4, 0.5) is 0 Å². The quantitative estimate of drug-likeness (QED) is 0.902. The van der Waals surface area contributed by atoms with E-state index in [1.807, 2.05) is 30.9 Å². The Balaban J connectivity index is 1.61. The number of aliphatic hydroxyl groups is 1. The van der Waals surface area contributed by atoms with Crippen LogP contribution in [0.25, 0.3) is 0 Å². The lowest BCUT2D eigenvalue weighted by Gasteiger charge is -2.34. The molecule has 1 atom stereocenters. The fraction of sp³-hybridized carbons (Fsp3) is 0.579. The van der Waals surface area contributed by atoms with E-state index in [1.165, 1.54) is 0 Å². The van der Waals surface area contributed by atoms with Gasteiger partial charge in [-0.15, -0.1) is 0 Å². The highest BCUT2D eigenvalue weighted by molar-refractivity contribution is 5.41. The second-order valence-electron chi connectivity index (χ2n) is 7.00. The maximum atomic E-state index is 10.6. The van der Waals surface area contributed by atoms with E-state index >= 15 is 0 Å². The van der Waals surface area contributed by atoms with Gasteiger partial charge in [0.15, 0.2) is 0 Å². The Hall–Kier alpha value is -1.92. The summed E-state index contributed by atoms with van der Waals surface area (Å²) < 4.78 is 7.41. The van der Waals surface area contributed by atoms with Crippen LogP contribution >= 0.6 is 0 Å². The van der Waals surface area contributed by atoms with Gasteiger partial charge in [0.05, 0.1) is 12.8 Å². The summed E-state index contributed by atoms with van der Waals surface area (Å²) in [7, 11) is 3.64. The Labute approximate surface area is 149 Å². The van der Waals surface area contributed by atoms with Crippen molar-refractivity contribution in [3.63, 3.8) is 0 Å². The number of imidazole rings is 1. The molecule has 0 aromatic carbocycles. The lowest BCUT2D eigenvalue weighted by molar-refractivity contribution is 0.0488. The average molecular weight is 344 g/mol. The Morgan fingerprint density at radius 3 is 2.60 bits per heavy atom. The number of rotatable bonds is 5. The van der Waals surface area contributed by atoms with Gasteiger partial charge in [-0.2, -0.15) is 0 Å². The first kappa shape index (κ1) is 17.9. The maximum absolute atomic E-state index is 10.6. The Bertz CT molecular complexity index is 720. The molecule has 2 aromatic heterocycles. The first-order valence-electron chi connectivity index (χ1n) is 8.88. The number of piperidine rings is 1. The monoisotopic (exact) mass is 344 g/mol. The van der Waals surface area contributed by atoms with Crippen LogP contribution in [0.2, 0.25) is 0 Å². The molecule has 2 aromatic rings. The number of hydrogen-bond acceptors (Lipinski definition) is 5. The Kier molecular flexibility index (Phi) is 5.39. The van der Waals surface area contributed by atoms with Crippen molar-refractivity contribution in [2.75, 3.05) is 20.2 Å². The van der Waals surface area contributed by atoms with E-state index in [0.717, 1.165) is 60.9 Å². The summed E-state index contributed by atoms with van der Waals surface area (Å²) in [5.41, 5.74) is 3.27. The van der Waals surface area contributed by atoms with Crippen molar-refractivity contribution >= 4 is 0 Å². The average Bonchev–Trinajstić information content (AvgIpc) is 3.04. The number of methoxy groups -OCH3 is 1. The molecule has 1 N–H and O–H groups in total. The van der Waals surface area contributed by atoms with Gasteiger partial charge in [-0.1, -0.05) is 0 Å². The zero-order valence-corrected chi connectivity index (χ0v) is 15.6. The SMILES string of the molecule is COc1c(C)cnc(CN2CCC(C(O)c3nccn3C)CC2)c1C. The predicted molar refractivity (Wildman–Crippen MR) is 96.4 cm³/mol. The van der Waals surface area contributed by atoms with Gasteiger partial charge in [-0.3, -0.25) is 9.88 Å². The molecule has 0 radical (unpaired) electrons. The van der Waals surface area contributed by atoms with Crippen LogP contribution in [0.5, 0.6) is 5.75 Å². The minimum absolute atomic E-state index is 0.263. The lowest BCUT2D eigenvalue weighted by Crippen LogP contribution is -2.36. The standard InChI is InChI=1S/C19H28N4O2/c1-13-11-21-16(14(2)18(13)25-4)12-23-8-5-15(6-9-23)17(24)19-20-7-10-22(19)3/h7,10-11,15,17,24H,5-6,8-9,12H2,1-4H3. The van der Waals surface area contributed by atoms with Crippen LogP contribution in [0.1, 0.15) is 41.6 Å². The lowest BCUT2D eigenvalue weighted by atomic mass is 9.90. The summed E-state index contributed by atoms with van der Waals surface area (Å²) in [4.78, 5) is 11.3. The molecule has 136 valence electrons. The smallest absolute Gasteiger partial charge is 0.137 e. The summed E-state index contributed by atoms with van der Waals surface area (Å²) in [6, 6.07) is 0. The molecule has 1 aliphatic heterocycles. The molecule has 25 heavy (non-hydrogen) atoms. The third-order valence-electron chi connectivity index (χ3n) is 5.32. The van der Waals surface area contributed by atoms with Gasteiger partial charge in [0, 0.05) is 43.3 Å². The van der Waals surface area contributed by atoms with E-state index in [9.17, 15) is 5.11 Å². The zero-order valence-electron chi connectivity index (χ0n) is 15.6. The zero-order chi connectivity index (χ0) is 18.0. The van der Waals surface area contributed by atoms with Crippen LogP contribution in [0.3, 0.4) is 0 Å². The Morgan fingerprint density at radius 1 is 1.28 bits per heavy atom. The number of ether oxygens (including phenoxy) is 1. The van der Waals surface area contributed by atoms with Gasteiger partial charge in [0.1, 0.15) is 17.7 Å². The number of aliphatic hydroxyl groups excluding tert-OH is 1. The number of pyridine rings is 1. The molecule has 1 saturated heterocycles. The molecule has 3 rings (SSSR count). The topological polar surface area (TPSA) is 63.4 Å². The van der Waals surface area contributed by atoms with Gasteiger partial charge in [0.2, 0.25) is 0 Å². The number of nitrogens with zero attached hydrogens (tertiary/aromatic N) is 4. The van der Waals surface area contributed by atoms with Crippen LogP contribution in [-0.2, 0) is 13.6 Å². The molecule has 0 bridgehead atoms. The molecule has 0 aliphatic carbocycles. The van der Waals surface area contributed by atoms with Crippen LogP contribution in [0.15, 0.2) is 18.6 Å². The minimum atomic E-state index is -0.485. The molecule has 0 spiro atoms. The summed E-state index contributed by atoms with van der Waals surface area (Å²) in [6.45, 7) is 6.85. The van der Waals surface area contributed by atoms with Crippen LogP contribution in [0, 0.1) is 19.8 Å². The van der Waals surface area contributed by atoms with Crippen LogP contribution < -0.4 is 4.74 Å². The highest BCUT2D eigenvalue weighted by atomic mass is 16.5. The summed E-state index contributed by atoms with van der Waals surface area (Å²) in [6.07, 6.45) is 6.96. The highest BCUT2D eigenvalue weighted by Crippen LogP contribution is 2.31. The first-order chi connectivity index (χ1) is 12.0. The van der Waals surface area contributed by atoms with Gasteiger partial charge in [-0.25, -0.2) is 4.98 Å². The van der Waals surface area contributed by atoms with Crippen molar-refractivity contribution in [3.8, 4) is 5.75 Å². The molecule has 1 fully saturated rings. The second-order valence-corrected chi connectivity index (χ2v) is 7.00. The van der Waals surface area contributed by atoms with Crippen LogP contribution in [-0.4, -0.2) is 44.7 Å². The highest BCUT2D eigenvalue weighted by Gasteiger charge is 2.28. The Morgan fingerprint density at radius 2 is 2.00 bits per heavy atom. The molecule has 0 amide bonds. The molecular weight excluding hydrogens is 316 g/mol. The minimum Gasteiger partial charge on any atom is -0.496 e. The predicted octanol–water partition coefficient (Wildman–Crippen LogP) is 2.39. The van der Waals surface area contributed by atoms with E-state index in [0.29, 0.717) is 0 Å². The third kappa shape index (κ3) is 3.70. The van der Waals surface area contributed by atoms with Crippen molar-refractivity contribution in [2.24, 2.45) is 13.0 Å². The molecule has 6 nitrogen and oxygen atoms in total. The fourth-order valence-corrected chi connectivity index (χ4v) is 3.74. The van der Waals surface area contributed by atoms with Gasteiger partial charge in [-0.05, 0) is 45.7 Å². The van der Waals surface area contributed by atoms with Crippen molar-refractivity contribution in [1.29, 1.82) is 0 Å². The summed E-state index contributed by atoms with van der Waals surface area (Å²) in [5.74, 6) is 1.96. The van der Waals surface area contributed by atoms with Crippen molar-refractivity contribution in [1.82, 2.24) is 19.4 Å². The van der Waals surface area contributed by atoms with Crippen molar-refractivity contribution in [2.45, 2.75) is 39.3 Å². The van der Waals surface area contributed by atoms with Gasteiger partial charge in [0.25, 0.3) is 0 Å². The largest absolute Gasteiger partial charge is 0.496 e. The van der Waals surface area contributed by atoms with Crippen molar-refractivity contribution in [3.05, 3.63) is 41.2 Å². The molecule has 6 heteroatoms. The third-order valence-corrected chi connectivity index (χ3v) is 5.32. The normalized spacial score (nSPS) is 17.6. The van der Waals surface area contributed by atoms with E-state index in [2.05, 4.69) is 21.8 Å². The summed E-state index contributed by atoms with van der Waals surface area (Å²) >= 11 is 0. The number of aryl methyl sites for hydroxylation is 2. The fourth-order valence-electron chi connectivity index (χ4n) is 3.74. The van der Waals surface area contributed by atoms with E-state index in [1.54, 1.807) is 13.3 Å². The number of hydrogen-bond donors (Lipinski definition) is 1. The van der Waals surface area contributed by atoms with Crippen molar-refractivity contribution < 1.29 is 9.84 Å². The molecule has 3 heterocycles. The van der Waals surface area contributed by atoms with Gasteiger partial charge >= 0.3 is 0 Å².